The van der Waals surface area contributed by atoms with Gasteiger partial charge in [-0.25, -0.2) is 13.6 Å². The summed E-state index contributed by atoms with van der Waals surface area (Å²) in [6.45, 7) is 15.6. The van der Waals surface area contributed by atoms with Gasteiger partial charge in [-0.1, -0.05) is 26.0 Å². The predicted octanol–water partition coefficient (Wildman–Crippen LogP) is 8.15. The zero-order valence-corrected chi connectivity index (χ0v) is 26.9. The lowest BCUT2D eigenvalue weighted by molar-refractivity contribution is -0.160. The number of aryl methyl sites for hydroxylation is 3. The van der Waals surface area contributed by atoms with E-state index in [1.165, 1.54) is 6.07 Å². The molecule has 0 amide bonds. The molecule has 0 radical (unpaired) electrons. The number of benzene rings is 2. The SMILES string of the molecule is Cc1nc(C)c(C(OC(C)(C)C)C(=O)O)c(N2CCC(C)(C)CC2)c1-c1ccc2c(c1)CCC(Cc1ccc(F)c(F)c1)O2. The molecule has 2 atom stereocenters. The van der Waals surface area contributed by atoms with E-state index >= 15 is 0 Å². The van der Waals surface area contributed by atoms with Crippen molar-refractivity contribution in [3.63, 3.8) is 0 Å². The maximum atomic E-state index is 13.8. The third-order valence-electron chi connectivity index (χ3n) is 8.80. The summed E-state index contributed by atoms with van der Waals surface area (Å²) in [4.78, 5) is 20.0. The molecule has 3 heterocycles. The molecule has 2 aliphatic rings. The highest BCUT2D eigenvalue weighted by molar-refractivity contribution is 5.88. The molecule has 1 aromatic heterocycles. The Balaban J connectivity index is 1.56. The number of nitrogens with zero attached hydrogens (tertiary/aromatic N) is 2. The summed E-state index contributed by atoms with van der Waals surface area (Å²) >= 11 is 0. The molecule has 0 spiro atoms. The van der Waals surface area contributed by atoms with Gasteiger partial charge in [0.25, 0.3) is 0 Å². The minimum atomic E-state index is -1.18. The summed E-state index contributed by atoms with van der Waals surface area (Å²) in [5, 5.41) is 10.4. The van der Waals surface area contributed by atoms with E-state index in [2.05, 4.69) is 24.8 Å². The number of halogens is 2. The molecule has 5 rings (SSSR count). The molecule has 1 N–H and O–H groups in total. The van der Waals surface area contributed by atoms with Crippen LogP contribution in [0, 0.1) is 30.9 Å². The molecule has 2 unspecified atom stereocenters. The summed E-state index contributed by atoms with van der Waals surface area (Å²) in [7, 11) is 0. The van der Waals surface area contributed by atoms with E-state index < -0.39 is 29.3 Å². The van der Waals surface area contributed by atoms with Gasteiger partial charge in [-0.15, -0.1) is 0 Å². The fraction of sp³-hybridized carbons (Fsp3) is 0.500. The Morgan fingerprint density at radius 3 is 2.43 bits per heavy atom. The Labute approximate surface area is 259 Å². The van der Waals surface area contributed by atoms with Crippen molar-refractivity contribution in [1.29, 1.82) is 0 Å². The highest BCUT2D eigenvalue weighted by atomic mass is 19.2. The first-order valence-corrected chi connectivity index (χ1v) is 15.5. The van der Waals surface area contributed by atoms with Crippen molar-refractivity contribution in [2.24, 2.45) is 5.41 Å². The van der Waals surface area contributed by atoms with E-state index in [1.807, 2.05) is 46.8 Å². The molecule has 1 saturated heterocycles. The maximum Gasteiger partial charge on any atom is 0.337 e. The molecular weight excluding hydrogens is 562 g/mol. The van der Waals surface area contributed by atoms with Gasteiger partial charge < -0.3 is 19.5 Å². The van der Waals surface area contributed by atoms with E-state index in [-0.39, 0.29) is 11.5 Å². The van der Waals surface area contributed by atoms with Gasteiger partial charge in [0.15, 0.2) is 17.7 Å². The quantitative estimate of drug-likeness (QED) is 0.293. The summed E-state index contributed by atoms with van der Waals surface area (Å²) < 4.78 is 39.7. The zero-order chi connectivity index (χ0) is 32.0. The van der Waals surface area contributed by atoms with Crippen LogP contribution < -0.4 is 9.64 Å². The standard InChI is InChI=1S/C36H44F2N2O4/c1-21-30(25-10-13-29-24(20-25)9-11-26(43-29)18-23-8-12-27(37)28(38)19-23)32(40-16-14-36(6,7)15-17-40)31(22(2)39-21)33(34(41)42)44-35(3,4)5/h8,10,12-13,19-20,26,33H,9,11,14-18H2,1-7H3,(H,41,42). The van der Waals surface area contributed by atoms with Gasteiger partial charge in [0.05, 0.1) is 11.3 Å². The molecule has 8 heteroatoms. The summed E-state index contributed by atoms with van der Waals surface area (Å²) in [6.07, 6.45) is 2.64. The largest absolute Gasteiger partial charge is 0.490 e. The van der Waals surface area contributed by atoms with Gasteiger partial charge in [-0.2, -0.15) is 0 Å². The fourth-order valence-corrected chi connectivity index (χ4v) is 6.43. The molecule has 2 aliphatic heterocycles. The first kappa shape index (κ1) is 31.9. The van der Waals surface area contributed by atoms with Crippen molar-refractivity contribution in [1.82, 2.24) is 4.98 Å². The highest BCUT2D eigenvalue weighted by Gasteiger charge is 2.36. The molecule has 236 valence electrons. The third kappa shape index (κ3) is 6.90. The lowest BCUT2D eigenvalue weighted by atomic mass is 9.81. The number of anilines is 1. The molecule has 1 fully saturated rings. The number of ether oxygens (including phenoxy) is 2. The van der Waals surface area contributed by atoms with E-state index in [1.54, 1.807) is 6.07 Å². The van der Waals surface area contributed by atoms with E-state index in [0.29, 0.717) is 23.2 Å². The smallest absolute Gasteiger partial charge is 0.337 e. The van der Waals surface area contributed by atoms with Crippen molar-refractivity contribution in [2.75, 3.05) is 18.0 Å². The van der Waals surface area contributed by atoms with Crippen LogP contribution in [-0.2, 0) is 22.4 Å². The van der Waals surface area contributed by atoms with Gasteiger partial charge in [-0.05, 0) is 107 Å². The number of aliphatic carboxylic acids is 1. The van der Waals surface area contributed by atoms with E-state index in [4.69, 9.17) is 14.5 Å². The number of hydrogen-bond donors (Lipinski definition) is 1. The van der Waals surface area contributed by atoms with Gasteiger partial charge >= 0.3 is 5.97 Å². The fourth-order valence-electron chi connectivity index (χ4n) is 6.43. The summed E-state index contributed by atoms with van der Waals surface area (Å²) in [6, 6.07) is 10.1. The second kappa shape index (κ2) is 12.1. The number of carbonyl (C=O) groups is 1. The Morgan fingerprint density at radius 2 is 1.80 bits per heavy atom. The molecular formula is C36H44F2N2O4. The number of hydrogen-bond acceptors (Lipinski definition) is 5. The molecule has 2 aromatic carbocycles. The average Bonchev–Trinajstić information content (AvgIpc) is 2.93. The Hall–Kier alpha value is -3.52. The van der Waals surface area contributed by atoms with Crippen LogP contribution in [0.25, 0.3) is 11.1 Å². The van der Waals surface area contributed by atoms with Crippen LogP contribution in [0.1, 0.15) is 88.1 Å². The minimum absolute atomic E-state index is 0.147. The molecule has 3 aromatic rings. The normalized spacial score (nSPS) is 18.8. The minimum Gasteiger partial charge on any atom is -0.490 e. The number of carboxylic acids is 1. The van der Waals surface area contributed by atoms with Crippen molar-refractivity contribution in [3.05, 3.63) is 76.1 Å². The topological polar surface area (TPSA) is 71.9 Å². The van der Waals surface area contributed by atoms with Crippen molar-refractivity contribution in [3.8, 4) is 16.9 Å². The molecule has 0 bridgehead atoms. The van der Waals surface area contributed by atoms with Crippen LogP contribution in [-0.4, -0.2) is 40.9 Å². The lowest BCUT2D eigenvalue weighted by Gasteiger charge is -2.41. The monoisotopic (exact) mass is 606 g/mol. The zero-order valence-electron chi connectivity index (χ0n) is 26.9. The number of rotatable bonds is 7. The Kier molecular flexibility index (Phi) is 8.78. The Morgan fingerprint density at radius 1 is 1.09 bits per heavy atom. The third-order valence-corrected chi connectivity index (χ3v) is 8.80. The lowest BCUT2D eigenvalue weighted by Crippen LogP contribution is -2.39. The van der Waals surface area contributed by atoms with Crippen LogP contribution in [0.3, 0.4) is 0 Å². The second-order valence-corrected chi connectivity index (χ2v) is 14.1. The van der Waals surface area contributed by atoms with Crippen molar-refractivity contribution in [2.45, 2.75) is 98.4 Å². The van der Waals surface area contributed by atoms with Gasteiger partial charge in [0, 0.05) is 42.0 Å². The van der Waals surface area contributed by atoms with Gasteiger partial charge in [0.2, 0.25) is 0 Å². The van der Waals surface area contributed by atoms with E-state index in [9.17, 15) is 18.7 Å². The van der Waals surface area contributed by atoms with Crippen LogP contribution in [0.4, 0.5) is 14.5 Å². The first-order chi connectivity index (χ1) is 20.6. The second-order valence-electron chi connectivity index (χ2n) is 14.1. The van der Waals surface area contributed by atoms with Gasteiger partial charge in [-0.3, -0.25) is 4.98 Å². The molecule has 44 heavy (non-hydrogen) atoms. The molecule has 0 aliphatic carbocycles. The average molecular weight is 607 g/mol. The Bertz CT molecular complexity index is 1550. The van der Waals surface area contributed by atoms with Crippen LogP contribution >= 0.6 is 0 Å². The van der Waals surface area contributed by atoms with Crippen LogP contribution in [0.2, 0.25) is 0 Å². The molecule has 0 saturated carbocycles. The van der Waals surface area contributed by atoms with Crippen molar-refractivity contribution >= 4 is 11.7 Å². The summed E-state index contributed by atoms with van der Waals surface area (Å²) in [5.74, 6) is -1.97. The number of fused-ring (bicyclic) bond motifs is 1. The number of piperidine rings is 1. The number of pyridine rings is 1. The van der Waals surface area contributed by atoms with Crippen LogP contribution in [0.15, 0.2) is 36.4 Å². The first-order valence-electron chi connectivity index (χ1n) is 15.5. The summed E-state index contributed by atoms with van der Waals surface area (Å²) in [5.41, 5.74) is 6.13. The number of carboxylic acid groups (broad SMARTS) is 1. The van der Waals surface area contributed by atoms with Gasteiger partial charge in [0.1, 0.15) is 11.9 Å². The predicted molar refractivity (Wildman–Crippen MR) is 168 cm³/mol. The van der Waals surface area contributed by atoms with Crippen LogP contribution in [0.5, 0.6) is 5.75 Å². The van der Waals surface area contributed by atoms with Crippen molar-refractivity contribution < 1.29 is 28.2 Å². The van der Waals surface area contributed by atoms with E-state index in [0.717, 1.165) is 78.7 Å². The molecule has 6 nitrogen and oxygen atoms in total. The highest BCUT2D eigenvalue weighted by Crippen LogP contribution is 2.46. The number of aromatic nitrogens is 1. The maximum absolute atomic E-state index is 13.8.